The second-order valence-corrected chi connectivity index (χ2v) is 4.40. The Bertz CT molecular complexity index is 717. The molecule has 0 spiro atoms. The van der Waals surface area contributed by atoms with Gasteiger partial charge in [-0.3, -0.25) is 0 Å². The van der Waals surface area contributed by atoms with E-state index in [1.54, 1.807) is 26.0 Å². The van der Waals surface area contributed by atoms with Crippen LogP contribution in [-0.2, 0) is 0 Å². The van der Waals surface area contributed by atoms with Crippen molar-refractivity contribution in [2.24, 2.45) is 5.84 Å². The summed E-state index contributed by atoms with van der Waals surface area (Å²) in [6.45, 7) is 3.43. The van der Waals surface area contributed by atoms with Gasteiger partial charge in [0.25, 0.3) is 5.88 Å². The van der Waals surface area contributed by atoms with Gasteiger partial charge >= 0.3 is 0 Å². The zero-order valence-corrected chi connectivity index (χ0v) is 11.4. The molecule has 0 aliphatic heterocycles. The van der Waals surface area contributed by atoms with Gasteiger partial charge in [-0.1, -0.05) is 0 Å². The molecule has 5 nitrogen and oxygen atoms in total. The standard InChI is InChI=1S/C14H12F2N4O/c1-7-3-9(6-17)4-8(2)12(7)21-14-11(16)5-10(15)13(19-14)20-18/h3-5H,18H2,1-2H3,(H,19,20). The number of aryl methyl sites for hydroxylation is 2. The van der Waals surface area contributed by atoms with Crippen molar-refractivity contribution < 1.29 is 13.5 Å². The minimum atomic E-state index is -0.949. The van der Waals surface area contributed by atoms with Crippen LogP contribution in [0.2, 0.25) is 0 Å². The SMILES string of the molecule is Cc1cc(C#N)cc(C)c1Oc1nc(NN)c(F)cc1F. The average Bonchev–Trinajstić information content (AvgIpc) is 2.44. The van der Waals surface area contributed by atoms with Crippen molar-refractivity contribution in [3.63, 3.8) is 0 Å². The summed E-state index contributed by atoms with van der Waals surface area (Å²) in [5, 5.41) is 8.88. The fourth-order valence-corrected chi connectivity index (χ4v) is 1.89. The molecule has 0 amide bonds. The number of anilines is 1. The largest absolute Gasteiger partial charge is 0.436 e. The first-order chi connectivity index (χ1) is 9.96. The van der Waals surface area contributed by atoms with Crippen molar-refractivity contribution in [1.29, 1.82) is 5.26 Å². The van der Waals surface area contributed by atoms with Crippen molar-refractivity contribution in [2.75, 3.05) is 5.43 Å². The molecule has 0 saturated heterocycles. The minimum absolute atomic E-state index is 0.324. The summed E-state index contributed by atoms with van der Waals surface area (Å²) >= 11 is 0. The highest BCUT2D eigenvalue weighted by Crippen LogP contribution is 2.31. The smallest absolute Gasteiger partial charge is 0.258 e. The number of nitrogen functional groups attached to an aromatic ring is 1. The Labute approximate surface area is 120 Å². The van der Waals surface area contributed by atoms with Crippen LogP contribution in [0, 0.1) is 36.8 Å². The number of nitrogens with two attached hydrogens (primary N) is 1. The maximum Gasteiger partial charge on any atom is 0.258 e. The first kappa shape index (κ1) is 14.7. The zero-order chi connectivity index (χ0) is 15.6. The van der Waals surface area contributed by atoms with E-state index in [4.69, 9.17) is 15.8 Å². The normalized spacial score (nSPS) is 10.1. The number of halogens is 2. The van der Waals surface area contributed by atoms with Gasteiger partial charge < -0.3 is 10.2 Å². The molecule has 1 aromatic heterocycles. The van der Waals surface area contributed by atoms with Gasteiger partial charge in [0, 0.05) is 6.07 Å². The molecule has 7 heteroatoms. The Kier molecular flexibility index (Phi) is 4.00. The summed E-state index contributed by atoms with van der Waals surface area (Å²) in [6, 6.07) is 5.85. The molecule has 3 N–H and O–H groups in total. The van der Waals surface area contributed by atoms with Crippen molar-refractivity contribution in [2.45, 2.75) is 13.8 Å². The highest BCUT2D eigenvalue weighted by Gasteiger charge is 2.15. The van der Waals surface area contributed by atoms with Gasteiger partial charge in [0.2, 0.25) is 0 Å². The van der Waals surface area contributed by atoms with Gasteiger partial charge in [0.05, 0.1) is 11.6 Å². The Morgan fingerprint density at radius 3 is 2.33 bits per heavy atom. The van der Waals surface area contributed by atoms with Crippen LogP contribution in [0.4, 0.5) is 14.6 Å². The summed E-state index contributed by atoms with van der Waals surface area (Å²) in [4.78, 5) is 3.64. The predicted octanol–water partition coefficient (Wildman–Crippen LogP) is 2.93. The van der Waals surface area contributed by atoms with Crippen molar-refractivity contribution in [3.8, 4) is 17.7 Å². The van der Waals surface area contributed by atoms with Crippen LogP contribution in [0.15, 0.2) is 18.2 Å². The highest BCUT2D eigenvalue weighted by molar-refractivity contribution is 5.49. The van der Waals surface area contributed by atoms with Crippen LogP contribution in [0.25, 0.3) is 0 Å². The molecule has 0 aliphatic rings. The maximum atomic E-state index is 13.7. The topological polar surface area (TPSA) is 84.0 Å². The van der Waals surface area contributed by atoms with Crippen molar-refractivity contribution in [3.05, 3.63) is 46.5 Å². The summed E-state index contributed by atoms with van der Waals surface area (Å²) in [5.41, 5.74) is 3.76. The molecule has 0 aliphatic carbocycles. The lowest BCUT2D eigenvalue weighted by atomic mass is 10.1. The molecule has 0 radical (unpaired) electrons. The van der Waals surface area contributed by atoms with Crippen LogP contribution >= 0.6 is 0 Å². The number of nitrogens with zero attached hydrogens (tertiary/aromatic N) is 2. The van der Waals surface area contributed by atoms with Crippen LogP contribution in [-0.4, -0.2) is 4.98 Å². The third-order valence-corrected chi connectivity index (χ3v) is 2.82. The zero-order valence-electron chi connectivity index (χ0n) is 11.4. The van der Waals surface area contributed by atoms with Gasteiger partial charge in [0.1, 0.15) is 5.75 Å². The molecule has 2 rings (SSSR count). The van der Waals surface area contributed by atoms with Gasteiger partial charge in [-0.05, 0) is 37.1 Å². The van der Waals surface area contributed by atoms with Gasteiger partial charge in [-0.15, -0.1) is 0 Å². The lowest BCUT2D eigenvalue weighted by Gasteiger charge is -2.13. The number of nitriles is 1. The van der Waals surface area contributed by atoms with Gasteiger partial charge in [-0.2, -0.15) is 10.2 Å². The van der Waals surface area contributed by atoms with Crippen LogP contribution in [0.5, 0.6) is 11.6 Å². The summed E-state index contributed by atoms with van der Waals surface area (Å²) in [5.74, 6) is 2.85. The molecule has 0 unspecified atom stereocenters. The predicted molar refractivity (Wildman–Crippen MR) is 72.7 cm³/mol. The van der Waals surface area contributed by atoms with Crippen LogP contribution in [0.3, 0.4) is 0 Å². The number of nitrogens with one attached hydrogen (secondary N) is 1. The summed E-state index contributed by atoms with van der Waals surface area (Å²) < 4.78 is 32.4. The average molecular weight is 290 g/mol. The summed E-state index contributed by atoms with van der Waals surface area (Å²) in [6.07, 6.45) is 0. The molecule has 108 valence electrons. The Balaban J connectivity index is 2.46. The van der Waals surface area contributed by atoms with E-state index in [9.17, 15) is 8.78 Å². The van der Waals surface area contributed by atoms with E-state index in [1.807, 2.05) is 11.5 Å². The molecule has 1 aromatic carbocycles. The lowest BCUT2D eigenvalue weighted by molar-refractivity contribution is 0.413. The first-order valence-electron chi connectivity index (χ1n) is 5.98. The fourth-order valence-electron chi connectivity index (χ4n) is 1.89. The fraction of sp³-hybridized carbons (Fsp3) is 0.143. The van der Waals surface area contributed by atoms with E-state index in [2.05, 4.69) is 4.98 Å². The molecule has 21 heavy (non-hydrogen) atoms. The number of hydrazine groups is 1. The molecule has 0 atom stereocenters. The van der Waals surface area contributed by atoms with Gasteiger partial charge in [-0.25, -0.2) is 14.6 Å². The number of hydrogen-bond acceptors (Lipinski definition) is 5. The molecular weight excluding hydrogens is 278 g/mol. The van der Waals surface area contributed by atoms with Crippen LogP contribution < -0.4 is 16.0 Å². The molecule has 1 heterocycles. The van der Waals surface area contributed by atoms with Crippen molar-refractivity contribution in [1.82, 2.24) is 4.98 Å². The Morgan fingerprint density at radius 2 is 1.81 bits per heavy atom. The van der Waals surface area contributed by atoms with Crippen molar-refractivity contribution >= 4 is 5.82 Å². The maximum absolute atomic E-state index is 13.7. The summed E-state index contributed by atoms with van der Waals surface area (Å²) in [7, 11) is 0. The minimum Gasteiger partial charge on any atom is -0.436 e. The molecule has 0 bridgehead atoms. The first-order valence-corrected chi connectivity index (χ1v) is 5.98. The molecule has 0 saturated carbocycles. The number of rotatable bonds is 3. The third-order valence-electron chi connectivity index (χ3n) is 2.82. The quantitative estimate of drug-likeness (QED) is 0.670. The monoisotopic (exact) mass is 290 g/mol. The van der Waals surface area contributed by atoms with E-state index >= 15 is 0 Å². The second kappa shape index (κ2) is 5.73. The van der Waals surface area contributed by atoms with E-state index < -0.39 is 17.5 Å². The van der Waals surface area contributed by atoms with E-state index in [0.717, 1.165) is 0 Å². The van der Waals surface area contributed by atoms with E-state index in [1.165, 1.54) is 0 Å². The molecular formula is C14H12F2N4O. The Morgan fingerprint density at radius 1 is 1.19 bits per heavy atom. The number of hydrogen-bond donors (Lipinski definition) is 2. The molecule has 2 aromatic rings. The Hall–Kier alpha value is -2.72. The number of benzene rings is 1. The number of aromatic nitrogens is 1. The number of pyridine rings is 1. The van der Waals surface area contributed by atoms with E-state index in [0.29, 0.717) is 28.5 Å². The molecule has 0 fully saturated rings. The second-order valence-electron chi connectivity index (χ2n) is 4.40. The third kappa shape index (κ3) is 2.90. The highest BCUT2D eigenvalue weighted by atomic mass is 19.1. The van der Waals surface area contributed by atoms with Gasteiger partial charge in [0.15, 0.2) is 17.5 Å². The van der Waals surface area contributed by atoms with E-state index in [-0.39, 0.29) is 5.82 Å². The number of ether oxygens (including phenoxy) is 1. The van der Waals surface area contributed by atoms with Crippen LogP contribution in [0.1, 0.15) is 16.7 Å². The lowest BCUT2D eigenvalue weighted by Crippen LogP contribution is -2.11.